The van der Waals surface area contributed by atoms with Crippen molar-refractivity contribution in [1.29, 1.82) is 0 Å². The van der Waals surface area contributed by atoms with Gasteiger partial charge < -0.3 is 10.1 Å². The summed E-state index contributed by atoms with van der Waals surface area (Å²) in [6.07, 6.45) is 1.56. The molecule has 0 atom stereocenters. The summed E-state index contributed by atoms with van der Waals surface area (Å²) >= 11 is 0. The van der Waals surface area contributed by atoms with Gasteiger partial charge in [-0.25, -0.2) is 4.39 Å². The highest BCUT2D eigenvalue weighted by molar-refractivity contribution is 5.94. The van der Waals surface area contributed by atoms with Gasteiger partial charge in [0.1, 0.15) is 0 Å². The van der Waals surface area contributed by atoms with Gasteiger partial charge in [-0.2, -0.15) is 0 Å². The van der Waals surface area contributed by atoms with Crippen LogP contribution >= 0.6 is 0 Å². The average molecular weight is 223 g/mol. The second-order valence-electron chi connectivity index (χ2n) is 3.08. The van der Waals surface area contributed by atoms with Gasteiger partial charge in [0.05, 0.1) is 6.61 Å². The molecule has 0 aliphatic rings. The third-order valence-electron chi connectivity index (χ3n) is 1.90. The summed E-state index contributed by atoms with van der Waals surface area (Å²) in [5, 5.41) is 2.56. The Bertz CT molecular complexity index is 391. The van der Waals surface area contributed by atoms with E-state index in [2.05, 4.69) is 11.9 Å². The van der Waals surface area contributed by atoms with Crippen LogP contribution in [0.3, 0.4) is 0 Å². The van der Waals surface area contributed by atoms with Crippen LogP contribution in [0.1, 0.15) is 17.3 Å². The van der Waals surface area contributed by atoms with Gasteiger partial charge >= 0.3 is 0 Å². The Kier molecular flexibility index (Phi) is 4.51. The Labute approximate surface area is 93.9 Å². The van der Waals surface area contributed by atoms with E-state index in [0.717, 1.165) is 6.07 Å². The van der Waals surface area contributed by atoms with Crippen molar-refractivity contribution in [3.05, 3.63) is 42.2 Å². The van der Waals surface area contributed by atoms with Crippen molar-refractivity contribution < 1.29 is 13.9 Å². The highest BCUT2D eigenvalue weighted by atomic mass is 19.1. The van der Waals surface area contributed by atoms with Crippen LogP contribution in [0.4, 0.5) is 4.39 Å². The van der Waals surface area contributed by atoms with Gasteiger partial charge in [-0.3, -0.25) is 4.79 Å². The predicted octanol–water partition coefficient (Wildman–Crippen LogP) is 2.14. The molecular formula is C12H14FNO2. The van der Waals surface area contributed by atoms with Gasteiger partial charge in [-0.15, -0.1) is 6.58 Å². The Morgan fingerprint density at radius 3 is 2.94 bits per heavy atom. The van der Waals surface area contributed by atoms with E-state index in [0.29, 0.717) is 13.2 Å². The molecule has 1 aromatic carbocycles. The van der Waals surface area contributed by atoms with Crippen LogP contribution in [0.5, 0.6) is 5.75 Å². The Morgan fingerprint density at radius 2 is 2.38 bits per heavy atom. The number of ether oxygens (including phenoxy) is 1. The molecule has 16 heavy (non-hydrogen) atoms. The highest BCUT2D eigenvalue weighted by Crippen LogP contribution is 2.18. The van der Waals surface area contributed by atoms with Gasteiger partial charge in [0, 0.05) is 12.1 Å². The maximum atomic E-state index is 13.4. The molecule has 0 aromatic heterocycles. The molecule has 0 aliphatic carbocycles. The van der Waals surface area contributed by atoms with E-state index in [9.17, 15) is 9.18 Å². The largest absolute Gasteiger partial charge is 0.491 e. The molecular weight excluding hydrogens is 209 g/mol. The molecule has 0 unspecified atom stereocenters. The molecule has 0 bridgehead atoms. The zero-order valence-electron chi connectivity index (χ0n) is 9.13. The van der Waals surface area contributed by atoms with Crippen molar-refractivity contribution >= 4 is 5.91 Å². The highest BCUT2D eigenvalue weighted by Gasteiger charge is 2.09. The fraction of sp³-hybridized carbons (Fsp3) is 0.250. The van der Waals surface area contributed by atoms with Crippen molar-refractivity contribution in [3.63, 3.8) is 0 Å². The second kappa shape index (κ2) is 5.90. The minimum atomic E-state index is -0.534. The first-order chi connectivity index (χ1) is 7.69. The Morgan fingerprint density at radius 1 is 1.62 bits per heavy atom. The van der Waals surface area contributed by atoms with Crippen molar-refractivity contribution in [2.75, 3.05) is 13.2 Å². The first-order valence-electron chi connectivity index (χ1n) is 5.00. The number of hydrogen-bond acceptors (Lipinski definition) is 2. The molecule has 0 saturated carbocycles. The van der Waals surface area contributed by atoms with Crippen LogP contribution in [0, 0.1) is 5.82 Å². The van der Waals surface area contributed by atoms with Gasteiger partial charge in [0.15, 0.2) is 11.6 Å². The molecule has 1 rings (SSSR count). The van der Waals surface area contributed by atoms with Crippen molar-refractivity contribution in [1.82, 2.24) is 5.32 Å². The normalized spacial score (nSPS) is 9.62. The van der Waals surface area contributed by atoms with Crippen LogP contribution in [0.25, 0.3) is 0 Å². The lowest BCUT2D eigenvalue weighted by molar-refractivity contribution is 0.0957. The number of nitrogens with one attached hydrogen (secondary N) is 1. The third-order valence-corrected chi connectivity index (χ3v) is 1.90. The van der Waals surface area contributed by atoms with E-state index >= 15 is 0 Å². The van der Waals surface area contributed by atoms with Gasteiger partial charge in [0.2, 0.25) is 0 Å². The molecule has 0 heterocycles. The predicted molar refractivity (Wildman–Crippen MR) is 60.1 cm³/mol. The van der Waals surface area contributed by atoms with Gasteiger partial charge in [-0.05, 0) is 25.1 Å². The molecule has 86 valence electrons. The van der Waals surface area contributed by atoms with Gasteiger partial charge in [-0.1, -0.05) is 6.08 Å². The second-order valence-corrected chi connectivity index (χ2v) is 3.08. The summed E-state index contributed by atoms with van der Waals surface area (Å²) in [6.45, 7) is 5.98. The fourth-order valence-electron chi connectivity index (χ4n) is 1.18. The summed E-state index contributed by atoms with van der Waals surface area (Å²) in [6, 6.07) is 4.12. The Hall–Kier alpha value is -1.84. The quantitative estimate of drug-likeness (QED) is 0.777. The molecule has 1 N–H and O–H groups in total. The SMILES string of the molecule is C=CCNC(=O)c1ccc(OCC)c(F)c1. The van der Waals surface area contributed by atoms with Crippen molar-refractivity contribution in [2.45, 2.75) is 6.92 Å². The minimum Gasteiger partial charge on any atom is -0.491 e. The smallest absolute Gasteiger partial charge is 0.251 e. The average Bonchev–Trinajstić information content (AvgIpc) is 2.29. The first kappa shape index (κ1) is 12.2. The summed E-state index contributed by atoms with van der Waals surface area (Å²) < 4.78 is 18.4. The summed E-state index contributed by atoms with van der Waals surface area (Å²) in [5.74, 6) is -0.710. The first-order valence-corrected chi connectivity index (χ1v) is 5.00. The fourth-order valence-corrected chi connectivity index (χ4v) is 1.18. The summed E-state index contributed by atoms with van der Waals surface area (Å²) in [7, 11) is 0. The maximum absolute atomic E-state index is 13.4. The van der Waals surface area contributed by atoms with E-state index in [-0.39, 0.29) is 17.2 Å². The van der Waals surface area contributed by atoms with Crippen LogP contribution in [0.15, 0.2) is 30.9 Å². The Balaban J connectivity index is 2.79. The lowest BCUT2D eigenvalue weighted by atomic mass is 10.2. The number of benzene rings is 1. The molecule has 1 amide bonds. The number of amides is 1. The molecule has 4 heteroatoms. The standard InChI is InChI=1S/C12H14FNO2/c1-3-7-14-12(15)9-5-6-11(16-4-2)10(13)8-9/h3,5-6,8H,1,4,7H2,2H3,(H,14,15). The lowest BCUT2D eigenvalue weighted by Gasteiger charge is -2.06. The number of carbonyl (C=O) groups is 1. The molecule has 0 fully saturated rings. The topological polar surface area (TPSA) is 38.3 Å². The van der Waals surface area contributed by atoms with E-state index in [1.807, 2.05) is 0 Å². The molecule has 0 spiro atoms. The molecule has 0 saturated heterocycles. The molecule has 3 nitrogen and oxygen atoms in total. The number of halogens is 1. The van der Waals surface area contributed by atoms with Gasteiger partial charge in [0.25, 0.3) is 5.91 Å². The minimum absolute atomic E-state index is 0.155. The molecule has 1 aromatic rings. The van der Waals surface area contributed by atoms with E-state index in [1.165, 1.54) is 12.1 Å². The van der Waals surface area contributed by atoms with Crippen molar-refractivity contribution in [2.24, 2.45) is 0 Å². The van der Waals surface area contributed by atoms with Crippen LogP contribution in [-0.2, 0) is 0 Å². The number of hydrogen-bond donors (Lipinski definition) is 1. The lowest BCUT2D eigenvalue weighted by Crippen LogP contribution is -2.23. The monoisotopic (exact) mass is 223 g/mol. The molecule has 0 aliphatic heterocycles. The van der Waals surface area contributed by atoms with Crippen LogP contribution in [0.2, 0.25) is 0 Å². The zero-order valence-corrected chi connectivity index (χ0v) is 9.13. The zero-order chi connectivity index (χ0) is 12.0. The van der Waals surface area contributed by atoms with Crippen LogP contribution in [-0.4, -0.2) is 19.1 Å². The molecule has 0 radical (unpaired) electrons. The van der Waals surface area contributed by atoms with Crippen LogP contribution < -0.4 is 10.1 Å². The maximum Gasteiger partial charge on any atom is 0.251 e. The number of carbonyl (C=O) groups excluding carboxylic acids is 1. The van der Waals surface area contributed by atoms with Crippen molar-refractivity contribution in [3.8, 4) is 5.75 Å². The third kappa shape index (κ3) is 3.08. The van der Waals surface area contributed by atoms with E-state index in [1.54, 1.807) is 13.0 Å². The van der Waals surface area contributed by atoms with E-state index < -0.39 is 5.82 Å². The number of rotatable bonds is 5. The summed E-state index contributed by atoms with van der Waals surface area (Å²) in [5.41, 5.74) is 0.266. The summed E-state index contributed by atoms with van der Waals surface area (Å²) in [4.78, 5) is 11.5. The van der Waals surface area contributed by atoms with E-state index in [4.69, 9.17) is 4.74 Å².